The lowest BCUT2D eigenvalue weighted by Gasteiger charge is -2.08. The number of hydrogen-bond acceptors (Lipinski definition) is 3. The van der Waals surface area contributed by atoms with Gasteiger partial charge in [0.25, 0.3) is 0 Å². The Balaban J connectivity index is 1.74. The predicted octanol–water partition coefficient (Wildman–Crippen LogP) is 3.15. The van der Waals surface area contributed by atoms with Crippen molar-refractivity contribution in [2.75, 3.05) is 19.0 Å². The third kappa shape index (κ3) is 5.70. The van der Waals surface area contributed by atoms with E-state index in [2.05, 4.69) is 26.6 Å². The molecule has 0 aliphatic carbocycles. The van der Waals surface area contributed by atoms with Gasteiger partial charge in [0, 0.05) is 10.9 Å². The van der Waals surface area contributed by atoms with Crippen molar-refractivity contribution in [1.82, 2.24) is 5.32 Å². The molecule has 2 aromatic rings. The van der Waals surface area contributed by atoms with Crippen LogP contribution in [0.5, 0.6) is 5.75 Å². The van der Waals surface area contributed by atoms with E-state index in [-0.39, 0.29) is 18.4 Å². The fourth-order valence-corrected chi connectivity index (χ4v) is 2.49. The monoisotopic (exact) mass is 390 g/mol. The highest BCUT2D eigenvalue weighted by Gasteiger charge is 2.08. The summed E-state index contributed by atoms with van der Waals surface area (Å²) in [5.74, 6) is 0.331. The fourth-order valence-electron chi connectivity index (χ4n) is 2.11. The number of rotatable bonds is 7. The van der Waals surface area contributed by atoms with Crippen molar-refractivity contribution in [2.45, 2.75) is 12.8 Å². The fraction of sp³-hybridized carbons (Fsp3) is 0.222. The van der Waals surface area contributed by atoms with Crippen LogP contribution in [0.4, 0.5) is 5.69 Å². The van der Waals surface area contributed by atoms with Gasteiger partial charge in [-0.2, -0.15) is 0 Å². The summed E-state index contributed by atoms with van der Waals surface area (Å²) in [5, 5.41) is 5.36. The van der Waals surface area contributed by atoms with Crippen molar-refractivity contribution < 1.29 is 14.3 Å². The van der Waals surface area contributed by atoms with Crippen molar-refractivity contribution in [2.24, 2.45) is 0 Å². The Labute approximate surface area is 149 Å². The minimum absolute atomic E-state index is 0.0573. The third-order valence-electron chi connectivity index (χ3n) is 3.37. The molecule has 0 unspecified atom stereocenters. The van der Waals surface area contributed by atoms with E-state index in [9.17, 15) is 9.59 Å². The smallest absolute Gasteiger partial charge is 0.243 e. The molecule has 2 aromatic carbocycles. The average Bonchev–Trinajstić information content (AvgIpc) is 2.60. The number of halogens is 1. The molecular formula is C18H19BrN2O3. The van der Waals surface area contributed by atoms with E-state index in [0.29, 0.717) is 18.5 Å². The number of anilines is 1. The number of methoxy groups -OCH3 is 1. The highest BCUT2D eigenvalue weighted by atomic mass is 79.9. The van der Waals surface area contributed by atoms with Crippen LogP contribution in [0.1, 0.15) is 12.0 Å². The largest absolute Gasteiger partial charge is 0.497 e. The Hall–Kier alpha value is -2.34. The number of benzene rings is 2. The van der Waals surface area contributed by atoms with Crippen LogP contribution >= 0.6 is 15.9 Å². The van der Waals surface area contributed by atoms with Crippen LogP contribution in [-0.4, -0.2) is 25.5 Å². The van der Waals surface area contributed by atoms with Crippen LogP contribution in [0.2, 0.25) is 0 Å². The Morgan fingerprint density at radius 1 is 1.08 bits per heavy atom. The van der Waals surface area contributed by atoms with Gasteiger partial charge in [-0.1, -0.05) is 24.3 Å². The molecule has 0 bridgehead atoms. The summed E-state index contributed by atoms with van der Waals surface area (Å²) in [6.45, 7) is -0.0573. The number of nitrogens with one attached hydrogen (secondary N) is 2. The van der Waals surface area contributed by atoms with Gasteiger partial charge in [0.05, 0.1) is 19.3 Å². The van der Waals surface area contributed by atoms with E-state index in [1.807, 2.05) is 42.5 Å². The molecule has 126 valence electrons. The second-order valence-electron chi connectivity index (χ2n) is 5.16. The normalized spacial score (nSPS) is 10.1. The molecule has 0 saturated heterocycles. The number of ether oxygens (including phenoxy) is 1. The van der Waals surface area contributed by atoms with Gasteiger partial charge in [0.2, 0.25) is 11.8 Å². The second-order valence-corrected chi connectivity index (χ2v) is 6.01. The van der Waals surface area contributed by atoms with Crippen molar-refractivity contribution in [3.63, 3.8) is 0 Å². The van der Waals surface area contributed by atoms with E-state index in [0.717, 1.165) is 15.8 Å². The zero-order chi connectivity index (χ0) is 17.4. The topological polar surface area (TPSA) is 67.4 Å². The van der Waals surface area contributed by atoms with Gasteiger partial charge in [-0.05, 0) is 52.2 Å². The molecule has 2 N–H and O–H groups in total. The minimum atomic E-state index is -0.267. The number of hydrogen-bond donors (Lipinski definition) is 2. The van der Waals surface area contributed by atoms with E-state index in [1.165, 1.54) is 0 Å². The van der Waals surface area contributed by atoms with Crippen molar-refractivity contribution in [1.29, 1.82) is 0 Å². The van der Waals surface area contributed by atoms with Crippen LogP contribution in [-0.2, 0) is 16.0 Å². The first-order chi connectivity index (χ1) is 11.6. The lowest BCUT2D eigenvalue weighted by Crippen LogP contribution is -2.33. The number of amides is 2. The van der Waals surface area contributed by atoms with Crippen LogP contribution < -0.4 is 15.4 Å². The van der Waals surface area contributed by atoms with Crippen LogP contribution in [0, 0.1) is 0 Å². The molecule has 0 spiro atoms. The second kappa shape index (κ2) is 9.08. The summed E-state index contributed by atoms with van der Waals surface area (Å²) in [7, 11) is 1.61. The summed E-state index contributed by atoms with van der Waals surface area (Å²) in [4.78, 5) is 23.7. The molecule has 2 rings (SSSR count). The Morgan fingerprint density at radius 3 is 2.62 bits per heavy atom. The predicted molar refractivity (Wildman–Crippen MR) is 97.1 cm³/mol. The lowest BCUT2D eigenvalue weighted by molar-refractivity contribution is -0.124. The zero-order valence-corrected chi connectivity index (χ0v) is 14.9. The number of carbonyl (C=O) groups is 2. The first-order valence-corrected chi connectivity index (χ1v) is 8.32. The van der Waals surface area contributed by atoms with Crippen LogP contribution in [0.15, 0.2) is 53.0 Å². The van der Waals surface area contributed by atoms with Crippen LogP contribution in [0.3, 0.4) is 0 Å². The summed E-state index contributed by atoms with van der Waals surface area (Å²) < 4.78 is 5.94. The van der Waals surface area contributed by atoms with Gasteiger partial charge in [0.1, 0.15) is 5.75 Å². The maximum atomic E-state index is 11.9. The standard InChI is InChI=1S/C18H19BrN2O3/c1-24-14-6-4-5-13(11-14)9-10-17(22)20-12-18(23)21-16-8-3-2-7-15(16)19/h2-8,11H,9-10,12H2,1H3,(H,20,22)(H,21,23). The minimum Gasteiger partial charge on any atom is -0.497 e. The SMILES string of the molecule is COc1cccc(CCC(=O)NCC(=O)Nc2ccccc2Br)c1. The molecule has 0 fully saturated rings. The Morgan fingerprint density at radius 2 is 1.88 bits per heavy atom. The van der Waals surface area contributed by atoms with E-state index in [4.69, 9.17) is 4.74 Å². The van der Waals surface area contributed by atoms with Crippen molar-refractivity contribution >= 4 is 33.4 Å². The van der Waals surface area contributed by atoms with E-state index >= 15 is 0 Å². The zero-order valence-electron chi connectivity index (χ0n) is 13.3. The summed E-state index contributed by atoms with van der Waals surface area (Å²) >= 11 is 3.35. The highest BCUT2D eigenvalue weighted by molar-refractivity contribution is 9.10. The van der Waals surface area contributed by atoms with Gasteiger partial charge >= 0.3 is 0 Å². The maximum absolute atomic E-state index is 11.9. The van der Waals surface area contributed by atoms with E-state index in [1.54, 1.807) is 13.2 Å². The summed E-state index contributed by atoms with van der Waals surface area (Å²) in [6.07, 6.45) is 0.907. The number of para-hydroxylation sites is 1. The lowest BCUT2D eigenvalue weighted by atomic mass is 10.1. The molecule has 6 heteroatoms. The van der Waals surface area contributed by atoms with Gasteiger partial charge < -0.3 is 15.4 Å². The summed E-state index contributed by atoms with van der Waals surface area (Å²) in [6, 6.07) is 14.9. The van der Waals surface area contributed by atoms with Gasteiger partial charge in [-0.25, -0.2) is 0 Å². The molecule has 0 radical (unpaired) electrons. The third-order valence-corrected chi connectivity index (χ3v) is 4.06. The molecular weight excluding hydrogens is 372 g/mol. The first-order valence-electron chi connectivity index (χ1n) is 7.52. The molecule has 0 aliphatic heterocycles. The molecule has 0 atom stereocenters. The summed E-state index contributed by atoms with van der Waals surface area (Å²) in [5.41, 5.74) is 1.69. The van der Waals surface area contributed by atoms with Crippen molar-refractivity contribution in [3.05, 3.63) is 58.6 Å². The Kier molecular flexibility index (Phi) is 6.81. The molecule has 0 aromatic heterocycles. The quantitative estimate of drug-likeness (QED) is 0.762. The first kappa shape index (κ1) is 18.0. The molecule has 0 heterocycles. The Bertz CT molecular complexity index is 719. The van der Waals surface area contributed by atoms with Crippen molar-refractivity contribution in [3.8, 4) is 5.75 Å². The maximum Gasteiger partial charge on any atom is 0.243 e. The van der Waals surface area contributed by atoms with Gasteiger partial charge in [-0.15, -0.1) is 0 Å². The van der Waals surface area contributed by atoms with E-state index < -0.39 is 0 Å². The van der Waals surface area contributed by atoms with Gasteiger partial charge in [0.15, 0.2) is 0 Å². The molecule has 24 heavy (non-hydrogen) atoms. The average molecular weight is 391 g/mol. The van der Waals surface area contributed by atoms with Crippen LogP contribution in [0.25, 0.3) is 0 Å². The molecule has 0 aliphatic rings. The molecule has 5 nitrogen and oxygen atoms in total. The van der Waals surface area contributed by atoms with Gasteiger partial charge in [-0.3, -0.25) is 9.59 Å². The molecule has 0 saturated carbocycles. The molecule has 2 amide bonds. The number of aryl methyl sites for hydroxylation is 1. The number of carbonyl (C=O) groups excluding carboxylic acids is 2. The highest BCUT2D eigenvalue weighted by Crippen LogP contribution is 2.20.